The highest BCUT2D eigenvalue weighted by atomic mass is 16.6. The molecule has 0 spiro atoms. The van der Waals surface area contributed by atoms with Crippen molar-refractivity contribution in [3.8, 4) is 67.3 Å². The highest BCUT2D eigenvalue weighted by molar-refractivity contribution is 5.93. The summed E-state index contributed by atoms with van der Waals surface area (Å²) in [5.74, 6) is -1.61. The summed E-state index contributed by atoms with van der Waals surface area (Å²) < 4.78 is 21.6. The summed E-state index contributed by atoms with van der Waals surface area (Å²) in [4.78, 5) is 25.1. The van der Waals surface area contributed by atoms with Gasteiger partial charge >= 0.3 is 11.9 Å². The molecule has 370 valence electrons. The molecule has 0 bridgehead atoms. The molecule has 0 amide bonds. The number of carboxylic acids is 1. The van der Waals surface area contributed by atoms with Gasteiger partial charge in [0.15, 0.2) is 6.10 Å². The molecule has 0 saturated heterocycles. The van der Waals surface area contributed by atoms with Crippen LogP contribution in [0.2, 0.25) is 0 Å². The molecule has 0 radical (unpaired) electrons. The van der Waals surface area contributed by atoms with Crippen LogP contribution in [0.25, 0.3) is 67.3 Å². The van der Waals surface area contributed by atoms with Crippen molar-refractivity contribution in [1.82, 2.24) is 19.6 Å². The van der Waals surface area contributed by atoms with Crippen LogP contribution in [-0.2, 0) is 36.9 Å². The first-order valence-corrected chi connectivity index (χ1v) is 25.4. The van der Waals surface area contributed by atoms with Crippen LogP contribution >= 0.6 is 0 Å². The van der Waals surface area contributed by atoms with Crippen LogP contribution in [0, 0.1) is 0 Å². The third kappa shape index (κ3) is 13.7. The van der Waals surface area contributed by atoms with E-state index < -0.39 is 23.6 Å². The highest BCUT2D eigenvalue weighted by Crippen LogP contribution is 2.42. The Hall–Kier alpha value is -7.40. The van der Waals surface area contributed by atoms with Crippen molar-refractivity contribution in [1.29, 1.82) is 0 Å². The van der Waals surface area contributed by atoms with E-state index >= 15 is 0 Å². The van der Waals surface area contributed by atoms with E-state index in [0.29, 0.717) is 13.0 Å². The summed E-state index contributed by atoms with van der Waals surface area (Å²) >= 11 is 0. The predicted molar refractivity (Wildman–Crippen MR) is 287 cm³/mol. The lowest BCUT2D eigenvalue weighted by molar-refractivity contribution is -0.170. The molecule has 1 unspecified atom stereocenters. The summed E-state index contributed by atoms with van der Waals surface area (Å²) in [5, 5.41) is 20.5. The number of hydrogen-bond acceptors (Lipinski definition) is 7. The van der Waals surface area contributed by atoms with E-state index in [4.69, 9.17) is 24.4 Å². The van der Waals surface area contributed by atoms with Gasteiger partial charge in [0.25, 0.3) is 0 Å². The van der Waals surface area contributed by atoms with Crippen LogP contribution < -0.4 is 0 Å². The first kappa shape index (κ1) is 51.0. The van der Waals surface area contributed by atoms with Crippen molar-refractivity contribution in [2.45, 2.75) is 96.4 Å². The van der Waals surface area contributed by atoms with E-state index in [1.165, 1.54) is 0 Å². The molecule has 0 aliphatic carbocycles. The molecule has 1 atom stereocenters. The number of carbonyl (C=O) groups excluding carboxylic acids is 1. The maximum absolute atomic E-state index is 12.9. The summed E-state index contributed by atoms with van der Waals surface area (Å²) in [6, 6.07) is 62.5. The second-order valence-corrected chi connectivity index (χ2v) is 18.8. The Morgan fingerprint density at radius 1 is 0.486 bits per heavy atom. The van der Waals surface area contributed by atoms with Crippen molar-refractivity contribution in [3.63, 3.8) is 0 Å². The van der Waals surface area contributed by atoms with E-state index in [1.807, 2.05) is 48.5 Å². The summed E-state index contributed by atoms with van der Waals surface area (Å²) in [6.45, 7) is 5.42. The zero-order valence-electron chi connectivity index (χ0n) is 41.6. The molecule has 6 aromatic carbocycles. The van der Waals surface area contributed by atoms with Gasteiger partial charge in [-0.1, -0.05) is 208 Å². The van der Waals surface area contributed by atoms with E-state index in [0.717, 1.165) is 125 Å². The van der Waals surface area contributed by atoms with E-state index in [-0.39, 0.29) is 19.6 Å². The van der Waals surface area contributed by atoms with Gasteiger partial charge in [0.05, 0.1) is 11.4 Å². The second kappa shape index (κ2) is 25.6. The molecule has 1 N–H and O–H groups in total. The number of aliphatic carboxylic acids is 1. The number of unbranched alkanes of at least 4 members (excludes halogenated alkanes) is 6. The van der Waals surface area contributed by atoms with Crippen molar-refractivity contribution >= 4 is 11.9 Å². The minimum Gasteiger partial charge on any atom is -0.479 e. The van der Waals surface area contributed by atoms with Crippen molar-refractivity contribution in [2.75, 3.05) is 19.8 Å². The van der Waals surface area contributed by atoms with Gasteiger partial charge in [0.2, 0.25) is 0 Å². The number of esters is 1. The Morgan fingerprint density at radius 2 is 0.847 bits per heavy atom. The fourth-order valence-electron chi connectivity index (χ4n) is 9.34. The summed E-state index contributed by atoms with van der Waals surface area (Å²) in [5.41, 5.74) is 11.9. The Bertz CT molecular complexity index is 2900. The first-order chi connectivity index (χ1) is 35.3. The lowest BCUT2D eigenvalue weighted by Crippen LogP contribution is -2.38. The molecule has 2 heterocycles. The van der Waals surface area contributed by atoms with Crippen LogP contribution in [0.15, 0.2) is 182 Å². The molecule has 2 aromatic heterocycles. The normalized spacial score (nSPS) is 11.9. The van der Waals surface area contributed by atoms with Gasteiger partial charge < -0.3 is 19.3 Å². The van der Waals surface area contributed by atoms with Crippen LogP contribution in [0.1, 0.15) is 71.6 Å². The number of rotatable bonds is 27. The average Bonchev–Trinajstić information content (AvgIpc) is 3.99. The molecule has 0 saturated carbocycles. The van der Waals surface area contributed by atoms with Gasteiger partial charge in [0.1, 0.15) is 23.6 Å². The van der Waals surface area contributed by atoms with Gasteiger partial charge in [-0.3, -0.25) is 9.36 Å². The molecular weight excluding hydrogens is 897 g/mol. The molecule has 10 nitrogen and oxygen atoms in total. The molecule has 0 aliphatic rings. The van der Waals surface area contributed by atoms with E-state index in [1.54, 1.807) is 13.8 Å². The van der Waals surface area contributed by atoms with Gasteiger partial charge in [-0.25, -0.2) is 9.59 Å². The van der Waals surface area contributed by atoms with Gasteiger partial charge in [-0.2, -0.15) is 10.2 Å². The standard InChI is InChI=1S/C62H66N4O6/c1-62(2,72-54(67)46-70-43-27-5-3-25-41-65-59(51-37-21-11-22-38-51)55(47-29-13-7-14-30-47)57(63-65)49-33-17-9-18-34-49)45-53(61(68)69)71-44-28-6-4-26-42-66-60(52-39-23-12-24-40-52)56(48-31-15-8-16-32-48)58(64-66)50-35-19-10-20-36-50/h7-24,29-40,53H,3-6,25-28,41-46H2,1-2H3,(H,68,69). The Kier molecular flexibility index (Phi) is 18.1. The van der Waals surface area contributed by atoms with E-state index in [9.17, 15) is 14.7 Å². The van der Waals surface area contributed by atoms with Crippen LogP contribution in [-0.4, -0.2) is 68.1 Å². The maximum Gasteiger partial charge on any atom is 0.332 e. The lowest BCUT2D eigenvalue weighted by Gasteiger charge is -2.28. The zero-order chi connectivity index (χ0) is 50.0. The number of benzene rings is 6. The van der Waals surface area contributed by atoms with Crippen molar-refractivity contribution in [3.05, 3.63) is 182 Å². The number of carboxylic acid groups (broad SMARTS) is 1. The highest BCUT2D eigenvalue weighted by Gasteiger charge is 2.32. The minimum absolute atomic E-state index is 0.0189. The predicted octanol–water partition coefficient (Wildman–Crippen LogP) is 14.1. The van der Waals surface area contributed by atoms with Crippen LogP contribution in [0.5, 0.6) is 0 Å². The smallest absolute Gasteiger partial charge is 0.332 e. The third-order valence-corrected chi connectivity index (χ3v) is 12.8. The molecule has 0 aliphatic heterocycles. The van der Waals surface area contributed by atoms with E-state index in [2.05, 4.69) is 143 Å². The first-order valence-electron chi connectivity index (χ1n) is 25.4. The fourth-order valence-corrected chi connectivity index (χ4v) is 9.34. The zero-order valence-corrected chi connectivity index (χ0v) is 41.6. The van der Waals surface area contributed by atoms with Gasteiger partial charge in [0, 0.05) is 66.1 Å². The summed E-state index contributed by atoms with van der Waals surface area (Å²) in [6.07, 6.45) is 5.93. The van der Waals surface area contributed by atoms with Crippen molar-refractivity contribution < 1.29 is 28.9 Å². The lowest BCUT2D eigenvalue weighted by atomic mass is 9.96. The Morgan fingerprint density at radius 3 is 1.25 bits per heavy atom. The number of nitrogens with zero attached hydrogens (tertiary/aromatic N) is 4. The largest absolute Gasteiger partial charge is 0.479 e. The minimum atomic E-state index is -1.11. The summed E-state index contributed by atoms with van der Waals surface area (Å²) in [7, 11) is 0. The monoisotopic (exact) mass is 962 g/mol. The molecule has 10 heteroatoms. The van der Waals surface area contributed by atoms with Crippen LogP contribution in [0.4, 0.5) is 0 Å². The molecular formula is C62H66N4O6. The number of aryl methyl sites for hydroxylation is 2. The quantitative estimate of drug-likeness (QED) is 0.0400. The molecule has 0 fully saturated rings. The Balaban J connectivity index is 0.757. The maximum atomic E-state index is 12.9. The number of ether oxygens (including phenoxy) is 3. The second-order valence-electron chi connectivity index (χ2n) is 18.8. The molecule has 72 heavy (non-hydrogen) atoms. The van der Waals surface area contributed by atoms with Gasteiger partial charge in [-0.15, -0.1) is 0 Å². The Labute approximate surface area is 424 Å². The molecule has 8 aromatic rings. The molecule has 8 rings (SSSR count). The van der Waals surface area contributed by atoms with Gasteiger partial charge in [-0.05, 0) is 50.7 Å². The van der Waals surface area contributed by atoms with Crippen LogP contribution in [0.3, 0.4) is 0 Å². The number of carbonyl (C=O) groups is 2. The number of hydrogen-bond donors (Lipinski definition) is 1. The topological polar surface area (TPSA) is 118 Å². The average molecular weight is 963 g/mol. The SMILES string of the molecule is CC(C)(CC(OCCCCCCn1nc(-c2ccccc2)c(-c2ccccc2)c1-c1ccccc1)C(=O)O)OC(=O)COCCCCCCn1nc(-c2ccccc2)c(-c2ccccc2)c1-c1ccccc1. The third-order valence-electron chi connectivity index (χ3n) is 12.8. The van der Waals surface area contributed by atoms with Crippen molar-refractivity contribution in [2.24, 2.45) is 0 Å². The number of aromatic nitrogens is 4. The fraction of sp³-hybridized carbons (Fsp3) is 0.290.